The minimum Gasteiger partial charge on any atom is -0.487 e. The molecule has 3 aromatic rings. The maximum absolute atomic E-state index is 14.3. The molecule has 0 saturated heterocycles. The quantitative estimate of drug-likeness (QED) is 0.326. The molecule has 0 aromatic heterocycles. The Hall–Kier alpha value is -2.70. The summed E-state index contributed by atoms with van der Waals surface area (Å²) in [5.74, 6) is -0.119. The van der Waals surface area contributed by atoms with Crippen LogP contribution in [0.25, 0.3) is 0 Å². The first-order valence-corrected chi connectivity index (χ1v) is 11.1. The number of nitrogens with one attached hydrogen (secondary N) is 1. The molecule has 1 aliphatic carbocycles. The number of methoxy groups -OCH3 is 1. The van der Waals surface area contributed by atoms with Crippen LogP contribution in [0.2, 0.25) is 5.02 Å². The van der Waals surface area contributed by atoms with Gasteiger partial charge in [0.2, 0.25) is 0 Å². The number of rotatable bonds is 7. The molecule has 0 radical (unpaired) electrons. The van der Waals surface area contributed by atoms with Crippen LogP contribution < -0.4 is 9.46 Å². The zero-order chi connectivity index (χ0) is 21.8. The summed E-state index contributed by atoms with van der Waals surface area (Å²) in [4.78, 5) is 12.0. The number of benzene rings is 3. The number of hydrogen-bond acceptors (Lipinski definition) is 5. The lowest BCUT2D eigenvalue weighted by molar-refractivity contribution is 0.0600. The Labute approximate surface area is 189 Å². The summed E-state index contributed by atoms with van der Waals surface area (Å²) >= 11 is 7.05. The molecular formula is C24H21ClFNO3S. The highest BCUT2D eigenvalue weighted by Gasteiger charge is 2.17. The van der Waals surface area contributed by atoms with Gasteiger partial charge in [0, 0.05) is 0 Å². The zero-order valence-corrected chi connectivity index (χ0v) is 18.5. The van der Waals surface area contributed by atoms with E-state index in [1.165, 1.54) is 24.3 Å². The van der Waals surface area contributed by atoms with E-state index in [1.807, 2.05) is 12.1 Å². The van der Waals surface area contributed by atoms with Crippen LogP contribution in [0.15, 0.2) is 59.5 Å². The van der Waals surface area contributed by atoms with Crippen LogP contribution in [0.1, 0.15) is 33.5 Å². The lowest BCUT2D eigenvalue weighted by Gasteiger charge is -2.16. The van der Waals surface area contributed by atoms with Crippen molar-refractivity contribution < 1.29 is 18.7 Å². The van der Waals surface area contributed by atoms with E-state index in [1.54, 1.807) is 24.3 Å². The third kappa shape index (κ3) is 4.97. The molecule has 31 heavy (non-hydrogen) atoms. The summed E-state index contributed by atoms with van der Waals surface area (Å²) in [6.07, 6.45) is 3.16. The van der Waals surface area contributed by atoms with Gasteiger partial charge in [-0.05, 0) is 84.3 Å². The fourth-order valence-corrected chi connectivity index (χ4v) is 4.45. The van der Waals surface area contributed by atoms with E-state index in [0.717, 1.165) is 42.5 Å². The van der Waals surface area contributed by atoms with Gasteiger partial charge in [0.15, 0.2) is 5.82 Å². The fourth-order valence-electron chi connectivity index (χ4n) is 3.49. The number of esters is 1. The molecule has 3 aromatic carbocycles. The summed E-state index contributed by atoms with van der Waals surface area (Å²) < 4.78 is 28.3. The van der Waals surface area contributed by atoms with Crippen LogP contribution >= 0.6 is 23.5 Å². The number of halogens is 2. The van der Waals surface area contributed by atoms with E-state index in [4.69, 9.17) is 21.1 Å². The molecule has 0 unspecified atom stereocenters. The van der Waals surface area contributed by atoms with Gasteiger partial charge in [-0.3, -0.25) is 0 Å². The van der Waals surface area contributed by atoms with Gasteiger partial charge in [-0.15, -0.1) is 0 Å². The van der Waals surface area contributed by atoms with Crippen LogP contribution in [0, 0.1) is 5.82 Å². The molecule has 1 aliphatic rings. The molecule has 0 spiro atoms. The largest absolute Gasteiger partial charge is 0.487 e. The van der Waals surface area contributed by atoms with Crippen LogP contribution in [-0.2, 0) is 24.2 Å². The SMILES string of the molecule is COC(=O)c1ccc(COc2cc3c(cc2NSc2cccc(Cl)c2F)CCC3)cc1. The predicted octanol–water partition coefficient (Wildman–Crippen LogP) is 6.45. The number of fused-ring (bicyclic) bond motifs is 1. The van der Waals surface area contributed by atoms with Gasteiger partial charge in [-0.2, -0.15) is 0 Å². The first kappa shape index (κ1) is 21.5. The molecule has 0 amide bonds. The summed E-state index contributed by atoms with van der Waals surface area (Å²) in [6, 6.07) is 16.1. The van der Waals surface area contributed by atoms with Gasteiger partial charge < -0.3 is 14.2 Å². The molecule has 0 aliphatic heterocycles. The van der Waals surface area contributed by atoms with E-state index in [9.17, 15) is 9.18 Å². The number of carbonyl (C=O) groups excluding carboxylic acids is 1. The van der Waals surface area contributed by atoms with Gasteiger partial charge >= 0.3 is 5.97 Å². The van der Waals surface area contributed by atoms with E-state index in [0.29, 0.717) is 22.8 Å². The topological polar surface area (TPSA) is 47.6 Å². The lowest BCUT2D eigenvalue weighted by atomic mass is 10.1. The molecule has 0 atom stereocenters. The molecule has 0 bridgehead atoms. The fraction of sp³-hybridized carbons (Fsp3) is 0.208. The minimum atomic E-state index is -0.448. The van der Waals surface area contributed by atoms with Crippen molar-refractivity contribution in [2.75, 3.05) is 11.8 Å². The molecule has 1 N–H and O–H groups in total. The second-order valence-corrected chi connectivity index (χ2v) is 8.46. The van der Waals surface area contributed by atoms with E-state index in [-0.39, 0.29) is 11.0 Å². The Morgan fingerprint density at radius 3 is 2.61 bits per heavy atom. The number of ether oxygens (including phenoxy) is 2. The number of hydrogen-bond donors (Lipinski definition) is 1. The molecule has 4 nitrogen and oxygen atoms in total. The summed E-state index contributed by atoms with van der Waals surface area (Å²) in [5.41, 5.74) is 4.76. The molecule has 0 fully saturated rings. The number of anilines is 1. The monoisotopic (exact) mass is 457 g/mol. The van der Waals surface area contributed by atoms with Crippen LogP contribution in [0.4, 0.5) is 10.1 Å². The Morgan fingerprint density at radius 1 is 1.13 bits per heavy atom. The maximum Gasteiger partial charge on any atom is 0.337 e. The summed E-state index contributed by atoms with van der Waals surface area (Å²) in [6.45, 7) is 0.338. The molecule has 160 valence electrons. The number of aryl methyl sites for hydroxylation is 2. The van der Waals surface area contributed by atoms with Gasteiger partial charge in [-0.1, -0.05) is 29.8 Å². The van der Waals surface area contributed by atoms with Crippen molar-refractivity contribution in [3.05, 3.63) is 87.7 Å². The third-order valence-electron chi connectivity index (χ3n) is 5.15. The average Bonchev–Trinajstić information content (AvgIpc) is 3.25. The highest BCUT2D eigenvalue weighted by Crippen LogP contribution is 2.37. The average molecular weight is 458 g/mol. The molecule has 0 heterocycles. The van der Waals surface area contributed by atoms with Crippen molar-refractivity contribution in [1.82, 2.24) is 0 Å². The standard InChI is InChI=1S/C24H21ClFNO3S/c1-29-24(28)16-10-8-15(9-11-16)14-30-21-13-18-5-2-4-17(18)12-20(21)27-31-22-7-3-6-19(25)23(22)26/h3,6-13,27H,2,4-5,14H2,1H3. The first-order valence-electron chi connectivity index (χ1n) is 9.88. The third-order valence-corrected chi connectivity index (χ3v) is 6.30. The maximum atomic E-state index is 14.3. The Bertz CT molecular complexity index is 1100. The molecule has 4 rings (SSSR count). The van der Waals surface area contributed by atoms with E-state index < -0.39 is 5.82 Å². The first-order chi connectivity index (χ1) is 15.0. The van der Waals surface area contributed by atoms with E-state index >= 15 is 0 Å². The van der Waals surface area contributed by atoms with Crippen LogP contribution in [0.5, 0.6) is 5.75 Å². The van der Waals surface area contributed by atoms with Crippen LogP contribution in [-0.4, -0.2) is 13.1 Å². The Balaban J connectivity index is 1.51. The van der Waals surface area contributed by atoms with Crippen molar-refractivity contribution in [2.24, 2.45) is 0 Å². The van der Waals surface area contributed by atoms with Crippen molar-refractivity contribution >= 4 is 35.2 Å². The van der Waals surface area contributed by atoms with Gasteiger partial charge in [0.25, 0.3) is 0 Å². The normalized spacial score (nSPS) is 12.4. The highest BCUT2D eigenvalue weighted by atomic mass is 35.5. The van der Waals surface area contributed by atoms with Gasteiger partial charge in [0.1, 0.15) is 12.4 Å². The molecule has 7 heteroatoms. The number of carbonyl (C=O) groups is 1. The zero-order valence-electron chi connectivity index (χ0n) is 16.9. The minimum absolute atomic E-state index is 0.0904. The lowest BCUT2D eigenvalue weighted by Crippen LogP contribution is -2.03. The Morgan fingerprint density at radius 2 is 1.87 bits per heavy atom. The summed E-state index contributed by atoms with van der Waals surface area (Å²) in [5, 5.41) is 0.0904. The molecular weight excluding hydrogens is 437 g/mol. The summed E-state index contributed by atoms with van der Waals surface area (Å²) in [7, 11) is 1.36. The van der Waals surface area contributed by atoms with Crippen molar-refractivity contribution in [3.63, 3.8) is 0 Å². The van der Waals surface area contributed by atoms with Gasteiger partial charge in [-0.25, -0.2) is 9.18 Å². The predicted molar refractivity (Wildman–Crippen MR) is 121 cm³/mol. The van der Waals surface area contributed by atoms with E-state index in [2.05, 4.69) is 16.9 Å². The smallest absolute Gasteiger partial charge is 0.337 e. The van der Waals surface area contributed by atoms with Crippen LogP contribution in [0.3, 0.4) is 0 Å². The second-order valence-electron chi connectivity index (χ2n) is 7.20. The second kappa shape index (κ2) is 9.62. The van der Waals surface area contributed by atoms with Crippen molar-refractivity contribution in [3.8, 4) is 5.75 Å². The highest BCUT2D eigenvalue weighted by molar-refractivity contribution is 8.00. The van der Waals surface area contributed by atoms with Crippen molar-refractivity contribution in [1.29, 1.82) is 0 Å². The molecule has 0 saturated carbocycles. The Kier molecular flexibility index (Phi) is 6.68. The van der Waals surface area contributed by atoms with Gasteiger partial charge in [0.05, 0.1) is 28.3 Å². The van der Waals surface area contributed by atoms with Crippen molar-refractivity contribution in [2.45, 2.75) is 30.8 Å².